The van der Waals surface area contributed by atoms with Crippen LogP contribution < -0.4 is 9.64 Å². The van der Waals surface area contributed by atoms with Gasteiger partial charge in [0.25, 0.3) is 0 Å². The smallest absolute Gasteiger partial charge is 0.320 e. The van der Waals surface area contributed by atoms with Crippen LogP contribution in [0.5, 0.6) is 5.75 Å². The second kappa shape index (κ2) is 7.11. The summed E-state index contributed by atoms with van der Waals surface area (Å²) in [5.74, 6) is 1.65. The predicted molar refractivity (Wildman–Crippen MR) is 92.1 cm³/mol. The highest BCUT2D eigenvalue weighted by Crippen LogP contribution is 2.28. The van der Waals surface area contributed by atoms with Crippen molar-refractivity contribution < 1.29 is 9.53 Å². The van der Waals surface area contributed by atoms with Gasteiger partial charge in [-0.15, -0.1) is 0 Å². The molecule has 0 aromatic heterocycles. The molecule has 126 valence electrons. The third kappa shape index (κ3) is 3.54. The zero-order chi connectivity index (χ0) is 16.2. The molecule has 0 spiro atoms. The number of ether oxygens (including phenoxy) is 1. The lowest BCUT2D eigenvalue weighted by molar-refractivity contribution is 0.132. The van der Waals surface area contributed by atoms with Crippen molar-refractivity contribution in [3.05, 3.63) is 24.3 Å². The van der Waals surface area contributed by atoms with Crippen molar-refractivity contribution in [2.24, 2.45) is 5.92 Å². The van der Waals surface area contributed by atoms with Gasteiger partial charge in [0.15, 0.2) is 0 Å². The molecule has 0 bridgehead atoms. The first kappa shape index (κ1) is 16.0. The van der Waals surface area contributed by atoms with Crippen LogP contribution in [0.15, 0.2) is 24.3 Å². The number of piperazine rings is 1. The van der Waals surface area contributed by atoms with E-state index >= 15 is 0 Å². The van der Waals surface area contributed by atoms with Gasteiger partial charge in [-0.2, -0.15) is 0 Å². The summed E-state index contributed by atoms with van der Waals surface area (Å²) in [6.45, 7) is 7.37. The largest absolute Gasteiger partial charge is 0.495 e. The number of hydrogen-bond donors (Lipinski definition) is 0. The van der Waals surface area contributed by atoms with Gasteiger partial charge in [-0.3, -0.25) is 0 Å². The fraction of sp³-hybridized carbons (Fsp3) is 0.611. The summed E-state index contributed by atoms with van der Waals surface area (Å²) in [5.41, 5.74) is 1.12. The Balaban J connectivity index is 1.57. The lowest BCUT2D eigenvalue weighted by Gasteiger charge is -2.40. The maximum Gasteiger partial charge on any atom is 0.320 e. The van der Waals surface area contributed by atoms with Crippen LogP contribution in [0, 0.1) is 5.92 Å². The highest BCUT2D eigenvalue weighted by molar-refractivity contribution is 5.75. The van der Waals surface area contributed by atoms with Gasteiger partial charge < -0.3 is 19.4 Å². The van der Waals surface area contributed by atoms with Gasteiger partial charge >= 0.3 is 6.03 Å². The zero-order valence-electron chi connectivity index (χ0n) is 14.2. The average molecular weight is 317 g/mol. The van der Waals surface area contributed by atoms with E-state index in [4.69, 9.17) is 4.74 Å². The number of benzene rings is 1. The molecular formula is C18H27N3O2. The second-order valence-corrected chi connectivity index (χ2v) is 6.60. The minimum absolute atomic E-state index is 0.219. The summed E-state index contributed by atoms with van der Waals surface area (Å²) >= 11 is 0. The molecule has 2 aliphatic heterocycles. The second-order valence-electron chi connectivity index (χ2n) is 6.60. The van der Waals surface area contributed by atoms with Crippen LogP contribution in [-0.2, 0) is 0 Å². The molecule has 2 saturated heterocycles. The van der Waals surface area contributed by atoms with E-state index in [-0.39, 0.29) is 6.03 Å². The van der Waals surface area contributed by atoms with E-state index < -0.39 is 0 Å². The fourth-order valence-corrected chi connectivity index (χ4v) is 3.43. The van der Waals surface area contributed by atoms with Crippen molar-refractivity contribution in [1.82, 2.24) is 9.80 Å². The van der Waals surface area contributed by atoms with Crippen molar-refractivity contribution in [3.8, 4) is 5.75 Å². The Morgan fingerprint density at radius 2 is 1.61 bits per heavy atom. The molecule has 5 heteroatoms. The summed E-state index contributed by atoms with van der Waals surface area (Å²) in [6, 6.07) is 8.31. The normalized spacial score (nSPS) is 19.8. The number of amides is 2. The highest BCUT2D eigenvalue weighted by atomic mass is 16.5. The van der Waals surface area contributed by atoms with Crippen LogP contribution in [0.1, 0.15) is 19.8 Å². The van der Waals surface area contributed by atoms with Crippen molar-refractivity contribution in [3.63, 3.8) is 0 Å². The Hall–Kier alpha value is -1.91. The topological polar surface area (TPSA) is 36.0 Å². The molecule has 0 saturated carbocycles. The summed E-state index contributed by atoms with van der Waals surface area (Å²) in [6.07, 6.45) is 2.26. The Bertz CT molecular complexity index is 533. The standard InChI is InChI=1S/C18H27N3O2/c1-15-7-9-20(10-8-15)18(22)21-13-11-19(12-14-21)16-5-3-4-6-17(16)23-2/h3-6,15H,7-14H2,1-2H3. The summed E-state index contributed by atoms with van der Waals surface area (Å²) < 4.78 is 5.45. The van der Waals surface area contributed by atoms with Crippen LogP contribution >= 0.6 is 0 Å². The number of urea groups is 1. The highest BCUT2D eigenvalue weighted by Gasteiger charge is 2.28. The lowest BCUT2D eigenvalue weighted by atomic mass is 9.99. The van der Waals surface area contributed by atoms with Crippen molar-refractivity contribution in [1.29, 1.82) is 0 Å². The molecule has 5 nitrogen and oxygen atoms in total. The minimum atomic E-state index is 0.219. The Morgan fingerprint density at radius 1 is 1.00 bits per heavy atom. The molecule has 2 amide bonds. The average Bonchev–Trinajstić information content (AvgIpc) is 2.62. The van der Waals surface area contributed by atoms with Gasteiger partial charge in [0.1, 0.15) is 5.75 Å². The first-order valence-electron chi connectivity index (χ1n) is 8.61. The Kier molecular flexibility index (Phi) is 4.94. The molecular weight excluding hydrogens is 290 g/mol. The number of likely N-dealkylation sites (tertiary alicyclic amines) is 1. The number of anilines is 1. The van der Waals surface area contributed by atoms with Gasteiger partial charge in [0.2, 0.25) is 0 Å². The number of carbonyl (C=O) groups is 1. The molecule has 2 heterocycles. The Labute approximate surface area is 138 Å². The molecule has 0 unspecified atom stereocenters. The van der Waals surface area contributed by atoms with Gasteiger partial charge in [-0.25, -0.2) is 4.79 Å². The van der Waals surface area contributed by atoms with Gasteiger partial charge in [0, 0.05) is 39.3 Å². The van der Waals surface area contributed by atoms with Crippen LogP contribution in [0.4, 0.5) is 10.5 Å². The number of para-hydroxylation sites is 2. The third-order valence-corrected chi connectivity index (χ3v) is 5.03. The molecule has 2 fully saturated rings. The molecule has 0 atom stereocenters. The van der Waals surface area contributed by atoms with Gasteiger partial charge in [-0.05, 0) is 30.9 Å². The van der Waals surface area contributed by atoms with E-state index in [9.17, 15) is 4.79 Å². The van der Waals surface area contributed by atoms with Crippen molar-refractivity contribution >= 4 is 11.7 Å². The Morgan fingerprint density at radius 3 is 2.26 bits per heavy atom. The van der Waals surface area contributed by atoms with E-state index in [1.165, 1.54) is 0 Å². The minimum Gasteiger partial charge on any atom is -0.495 e. The van der Waals surface area contributed by atoms with Crippen LogP contribution in [0.25, 0.3) is 0 Å². The van der Waals surface area contributed by atoms with Gasteiger partial charge in [0.05, 0.1) is 12.8 Å². The quantitative estimate of drug-likeness (QED) is 0.841. The monoisotopic (exact) mass is 317 g/mol. The van der Waals surface area contributed by atoms with Gasteiger partial charge in [-0.1, -0.05) is 19.1 Å². The maximum atomic E-state index is 12.6. The van der Waals surface area contributed by atoms with E-state index in [0.29, 0.717) is 0 Å². The van der Waals surface area contributed by atoms with Crippen LogP contribution in [0.2, 0.25) is 0 Å². The number of nitrogens with zero attached hydrogens (tertiary/aromatic N) is 3. The summed E-state index contributed by atoms with van der Waals surface area (Å²) in [7, 11) is 1.70. The first-order valence-corrected chi connectivity index (χ1v) is 8.61. The number of carbonyl (C=O) groups excluding carboxylic acids is 1. The number of hydrogen-bond acceptors (Lipinski definition) is 3. The third-order valence-electron chi connectivity index (χ3n) is 5.03. The fourth-order valence-electron chi connectivity index (χ4n) is 3.43. The number of piperidine rings is 1. The molecule has 3 rings (SSSR count). The summed E-state index contributed by atoms with van der Waals surface area (Å²) in [4.78, 5) is 19.0. The van der Waals surface area contributed by atoms with E-state index in [1.807, 2.05) is 28.0 Å². The number of rotatable bonds is 2. The summed E-state index contributed by atoms with van der Waals surface area (Å²) in [5, 5.41) is 0. The molecule has 1 aromatic carbocycles. The number of methoxy groups -OCH3 is 1. The molecule has 23 heavy (non-hydrogen) atoms. The zero-order valence-corrected chi connectivity index (χ0v) is 14.2. The molecule has 0 radical (unpaired) electrons. The lowest BCUT2D eigenvalue weighted by Crippen LogP contribution is -2.54. The molecule has 2 aliphatic rings. The predicted octanol–water partition coefficient (Wildman–Crippen LogP) is 2.67. The van der Waals surface area contributed by atoms with E-state index in [2.05, 4.69) is 17.9 Å². The molecule has 1 aromatic rings. The van der Waals surface area contributed by atoms with E-state index in [1.54, 1.807) is 7.11 Å². The van der Waals surface area contributed by atoms with Crippen LogP contribution in [-0.4, -0.2) is 62.2 Å². The van der Waals surface area contributed by atoms with Crippen LogP contribution in [0.3, 0.4) is 0 Å². The van der Waals surface area contributed by atoms with Crippen molar-refractivity contribution in [2.45, 2.75) is 19.8 Å². The molecule has 0 N–H and O–H groups in total. The van der Waals surface area contributed by atoms with Crippen molar-refractivity contribution in [2.75, 3.05) is 51.3 Å². The van der Waals surface area contributed by atoms with E-state index in [0.717, 1.165) is 69.5 Å². The first-order chi connectivity index (χ1) is 11.2. The SMILES string of the molecule is COc1ccccc1N1CCN(C(=O)N2CCC(C)CC2)CC1. The maximum absolute atomic E-state index is 12.6. The molecule has 0 aliphatic carbocycles.